The van der Waals surface area contributed by atoms with Crippen molar-refractivity contribution in [2.45, 2.75) is 31.7 Å². The molecule has 0 amide bonds. The minimum absolute atomic E-state index is 0.224. The highest BCUT2D eigenvalue weighted by atomic mass is 32.2. The number of benzene rings is 2. The lowest BCUT2D eigenvalue weighted by Crippen LogP contribution is -2.35. The van der Waals surface area contributed by atoms with Crippen LogP contribution in [0.2, 0.25) is 0 Å². The first kappa shape index (κ1) is 22.5. The number of furan rings is 1. The van der Waals surface area contributed by atoms with Crippen molar-refractivity contribution in [1.29, 1.82) is 0 Å². The number of hydrogen-bond donors (Lipinski definition) is 0. The van der Waals surface area contributed by atoms with Crippen LogP contribution in [0, 0.1) is 6.92 Å². The van der Waals surface area contributed by atoms with Gasteiger partial charge in [-0.15, -0.1) is 0 Å². The molecule has 3 aromatic rings. The predicted octanol–water partition coefficient (Wildman–Crippen LogP) is 3.81. The highest BCUT2D eigenvalue weighted by molar-refractivity contribution is 7.89. The van der Waals surface area contributed by atoms with Gasteiger partial charge in [-0.05, 0) is 45.0 Å². The molecule has 0 radical (unpaired) electrons. The maximum absolute atomic E-state index is 13.1. The molecule has 2 aromatic carbocycles. The van der Waals surface area contributed by atoms with Gasteiger partial charge in [-0.1, -0.05) is 35.9 Å². The molecule has 0 N–H and O–H groups in total. The minimum Gasteiger partial charge on any atom is -0.460 e. The number of nitrogens with zero attached hydrogens (tertiary/aromatic N) is 2. The predicted molar refractivity (Wildman–Crippen MR) is 122 cm³/mol. The van der Waals surface area contributed by atoms with E-state index in [9.17, 15) is 13.2 Å². The fourth-order valence-corrected chi connectivity index (χ4v) is 5.52. The molecule has 2 heterocycles. The van der Waals surface area contributed by atoms with Crippen LogP contribution >= 0.6 is 0 Å². The fraction of sp³-hybridized carbons (Fsp3) is 0.375. The molecule has 170 valence electrons. The van der Waals surface area contributed by atoms with E-state index in [1.165, 1.54) is 0 Å². The lowest BCUT2D eigenvalue weighted by Gasteiger charge is -2.22. The molecule has 0 aliphatic carbocycles. The maximum atomic E-state index is 13.1. The fourth-order valence-electron chi connectivity index (χ4n) is 4.05. The smallest absolute Gasteiger partial charge is 0.374 e. The van der Waals surface area contributed by atoms with Crippen LogP contribution in [0.4, 0.5) is 0 Å². The first-order chi connectivity index (χ1) is 15.4. The lowest BCUT2D eigenvalue weighted by atomic mass is 10.1. The molecular weight excluding hydrogens is 428 g/mol. The van der Waals surface area contributed by atoms with Crippen molar-refractivity contribution in [3.05, 3.63) is 65.4 Å². The average molecular weight is 457 g/mol. The van der Waals surface area contributed by atoms with Crippen molar-refractivity contribution >= 4 is 27.0 Å². The van der Waals surface area contributed by atoms with Crippen molar-refractivity contribution in [3.8, 4) is 0 Å². The summed E-state index contributed by atoms with van der Waals surface area (Å²) in [5.41, 5.74) is 2.45. The summed E-state index contributed by atoms with van der Waals surface area (Å²) in [5.74, 6) is -0.251. The second kappa shape index (κ2) is 9.44. The molecule has 7 nitrogen and oxygen atoms in total. The van der Waals surface area contributed by atoms with E-state index in [1.807, 2.05) is 43.3 Å². The molecule has 4 rings (SSSR count). The number of sulfonamides is 1. The van der Waals surface area contributed by atoms with E-state index in [-0.39, 0.29) is 12.4 Å². The summed E-state index contributed by atoms with van der Waals surface area (Å²) < 4.78 is 38.8. The first-order valence-corrected chi connectivity index (χ1v) is 12.3. The average Bonchev–Trinajstić information content (AvgIpc) is 2.96. The Labute approximate surface area is 188 Å². The van der Waals surface area contributed by atoms with Gasteiger partial charge in [0.2, 0.25) is 15.8 Å². The summed E-state index contributed by atoms with van der Waals surface area (Å²) in [6, 6.07) is 14.5. The monoisotopic (exact) mass is 456 g/mol. The third-order valence-corrected chi connectivity index (χ3v) is 7.66. The third kappa shape index (κ3) is 4.57. The van der Waals surface area contributed by atoms with Crippen LogP contribution in [0.25, 0.3) is 11.0 Å². The second-order valence-electron chi connectivity index (χ2n) is 7.97. The lowest BCUT2D eigenvalue weighted by molar-refractivity contribution is 0.0489. The summed E-state index contributed by atoms with van der Waals surface area (Å²) in [7, 11) is -3.54. The molecular formula is C24H28N2O5S. The van der Waals surface area contributed by atoms with E-state index in [0.717, 1.165) is 23.1 Å². The standard InChI is InChI=1S/C24H28N2O5S/c1-3-30-24(27)23-21(20-7-4-5-8-22(20)31-23)17-25-13-6-14-26(16-15-25)32(28,29)19-11-9-18(2)10-12-19/h4-5,7-12H,3,6,13-17H2,1-2H3. The Bertz CT molecular complexity index is 1200. The number of carbonyl (C=O) groups excluding carboxylic acids is 1. The molecule has 0 atom stereocenters. The molecule has 1 aromatic heterocycles. The van der Waals surface area contributed by atoms with Crippen LogP contribution in [0.3, 0.4) is 0 Å². The van der Waals surface area contributed by atoms with Gasteiger partial charge in [-0.25, -0.2) is 13.2 Å². The molecule has 0 spiro atoms. The SMILES string of the molecule is CCOC(=O)c1oc2ccccc2c1CN1CCCN(S(=O)(=O)c2ccc(C)cc2)CC1. The van der Waals surface area contributed by atoms with E-state index in [1.54, 1.807) is 23.4 Å². The highest BCUT2D eigenvalue weighted by Gasteiger charge is 2.28. The maximum Gasteiger partial charge on any atom is 0.374 e. The molecule has 0 bridgehead atoms. The van der Waals surface area contributed by atoms with Gasteiger partial charge in [-0.3, -0.25) is 4.90 Å². The van der Waals surface area contributed by atoms with Crippen molar-refractivity contribution < 1.29 is 22.4 Å². The number of esters is 1. The zero-order valence-corrected chi connectivity index (χ0v) is 19.2. The van der Waals surface area contributed by atoms with Gasteiger partial charge in [0.15, 0.2) is 0 Å². The Morgan fingerprint density at radius 2 is 1.78 bits per heavy atom. The Morgan fingerprint density at radius 3 is 2.53 bits per heavy atom. The Hall–Kier alpha value is -2.68. The zero-order chi connectivity index (χ0) is 22.7. The number of rotatable bonds is 6. The van der Waals surface area contributed by atoms with Gasteiger partial charge < -0.3 is 9.15 Å². The summed E-state index contributed by atoms with van der Waals surface area (Å²) in [6.45, 7) is 6.59. The summed E-state index contributed by atoms with van der Waals surface area (Å²) >= 11 is 0. The van der Waals surface area contributed by atoms with E-state index in [0.29, 0.717) is 43.1 Å². The van der Waals surface area contributed by atoms with Crippen molar-refractivity contribution in [3.63, 3.8) is 0 Å². The number of hydrogen-bond acceptors (Lipinski definition) is 6. The Kier molecular flexibility index (Phi) is 6.64. The van der Waals surface area contributed by atoms with Crippen LogP contribution in [0.15, 0.2) is 57.8 Å². The molecule has 0 saturated carbocycles. The van der Waals surface area contributed by atoms with Crippen LogP contribution in [-0.2, 0) is 21.3 Å². The first-order valence-electron chi connectivity index (χ1n) is 10.9. The molecule has 1 saturated heterocycles. The highest BCUT2D eigenvalue weighted by Crippen LogP contribution is 2.28. The largest absolute Gasteiger partial charge is 0.460 e. The van der Waals surface area contributed by atoms with Crippen LogP contribution in [-0.4, -0.2) is 56.4 Å². The van der Waals surface area contributed by atoms with E-state index < -0.39 is 16.0 Å². The molecule has 0 unspecified atom stereocenters. The number of aryl methyl sites for hydroxylation is 1. The van der Waals surface area contributed by atoms with Gasteiger partial charge in [-0.2, -0.15) is 4.31 Å². The van der Waals surface area contributed by atoms with Crippen molar-refractivity contribution in [2.24, 2.45) is 0 Å². The molecule has 32 heavy (non-hydrogen) atoms. The zero-order valence-electron chi connectivity index (χ0n) is 18.4. The van der Waals surface area contributed by atoms with Gasteiger partial charge in [0.25, 0.3) is 0 Å². The van der Waals surface area contributed by atoms with E-state index in [2.05, 4.69) is 4.90 Å². The Morgan fingerprint density at radius 1 is 1.03 bits per heavy atom. The molecule has 8 heteroatoms. The number of carbonyl (C=O) groups is 1. The minimum atomic E-state index is -3.54. The normalized spacial score (nSPS) is 16.2. The number of ether oxygens (including phenoxy) is 1. The summed E-state index contributed by atoms with van der Waals surface area (Å²) in [4.78, 5) is 15.0. The van der Waals surface area contributed by atoms with Gasteiger partial charge >= 0.3 is 5.97 Å². The summed E-state index contributed by atoms with van der Waals surface area (Å²) in [6.07, 6.45) is 0.704. The van der Waals surface area contributed by atoms with Gasteiger partial charge in [0.1, 0.15) is 5.58 Å². The Balaban J connectivity index is 1.54. The van der Waals surface area contributed by atoms with Crippen molar-refractivity contribution in [1.82, 2.24) is 9.21 Å². The second-order valence-corrected chi connectivity index (χ2v) is 9.91. The van der Waals surface area contributed by atoms with Gasteiger partial charge in [0, 0.05) is 37.1 Å². The topological polar surface area (TPSA) is 80.1 Å². The van der Waals surface area contributed by atoms with E-state index >= 15 is 0 Å². The van der Waals surface area contributed by atoms with E-state index in [4.69, 9.17) is 9.15 Å². The molecule has 1 aliphatic rings. The number of para-hydroxylation sites is 1. The summed E-state index contributed by atoms with van der Waals surface area (Å²) in [5, 5.41) is 0.879. The van der Waals surface area contributed by atoms with Crippen LogP contribution < -0.4 is 0 Å². The quantitative estimate of drug-likeness (QED) is 0.525. The van der Waals surface area contributed by atoms with Crippen LogP contribution in [0.1, 0.15) is 35.0 Å². The van der Waals surface area contributed by atoms with Crippen molar-refractivity contribution in [2.75, 3.05) is 32.8 Å². The molecule has 1 fully saturated rings. The van der Waals surface area contributed by atoms with Crippen LogP contribution in [0.5, 0.6) is 0 Å². The molecule has 1 aliphatic heterocycles. The van der Waals surface area contributed by atoms with Gasteiger partial charge in [0.05, 0.1) is 11.5 Å². The number of fused-ring (bicyclic) bond motifs is 1. The third-order valence-electron chi connectivity index (χ3n) is 5.75.